The molecule has 2 aromatic rings. The van der Waals surface area contributed by atoms with Gasteiger partial charge in [-0.15, -0.1) is 0 Å². The van der Waals surface area contributed by atoms with Crippen molar-refractivity contribution < 1.29 is 13.9 Å². The lowest BCUT2D eigenvalue weighted by Crippen LogP contribution is -1.97. The molecule has 0 amide bonds. The molecule has 0 aliphatic heterocycles. The summed E-state index contributed by atoms with van der Waals surface area (Å²) >= 11 is 0. The van der Waals surface area contributed by atoms with Crippen molar-refractivity contribution in [1.29, 1.82) is 0 Å². The van der Waals surface area contributed by atoms with E-state index in [2.05, 4.69) is 4.98 Å². The van der Waals surface area contributed by atoms with Crippen molar-refractivity contribution in [3.8, 4) is 17.1 Å². The minimum atomic E-state index is -0.685. The number of aromatic hydroxyl groups is 1. The Kier molecular flexibility index (Phi) is 3.28. The number of nitrogens with zero attached hydrogens (tertiary/aromatic N) is 1. The topological polar surface area (TPSA) is 33.1 Å². The van der Waals surface area contributed by atoms with E-state index in [0.29, 0.717) is 5.69 Å². The van der Waals surface area contributed by atoms with Crippen LogP contribution in [-0.4, -0.2) is 10.1 Å². The fraction of sp³-hybridized carbons (Fsp3) is 0.214. The summed E-state index contributed by atoms with van der Waals surface area (Å²) in [4.78, 5) is 3.95. The van der Waals surface area contributed by atoms with E-state index in [1.807, 2.05) is 13.8 Å². The maximum atomic E-state index is 13.7. The van der Waals surface area contributed by atoms with Crippen molar-refractivity contribution in [2.75, 3.05) is 0 Å². The van der Waals surface area contributed by atoms with Crippen LogP contribution in [0.15, 0.2) is 30.3 Å². The Morgan fingerprint density at radius 2 is 1.83 bits per heavy atom. The third kappa shape index (κ3) is 2.32. The standard InChI is InChI=1S/C14H13F2NO/c1-8(2)10-5-6-13(18)17-14(10)11-4-3-9(15)7-12(11)16/h3-8H,1-2H3,(H,17,18). The highest BCUT2D eigenvalue weighted by atomic mass is 19.1. The highest BCUT2D eigenvalue weighted by Crippen LogP contribution is 2.31. The highest BCUT2D eigenvalue weighted by molar-refractivity contribution is 5.65. The molecule has 0 atom stereocenters. The van der Waals surface area contributed by atoms with Gasteiger partial charge < -0.3 is 5.11 Å². The summed E-state index contributed by atoms with van der Waals surface area (Å²) < 4.78 is 26.6. The van der Waals surface area contributed by atoms with Gasteiger partial charge in [-0.3, -0.25) is 0 Å². The van der Waals surface area contributed by atoms with E-state index in [4.69, 9.17) is 0 Å². The lowest BCUT2D eigenvalue weighted by Gasteiger charge is -2.12. The molecule has 0 unspecified atom stereocenters. The number of hydrogen-bond acceptors (Lipinski definition) is 2. The summed E-state index contributed by atoms with van der Waals surface area (Å²) in [5.41, 5.74) is 1.34. The smallest absolute Gasteiger partial charge is 0.211 e. The van der Waals surface area contributed by atoms with E-state index < -0.39 is 11.6 Å². The maximum absolute atomic E-state index is 13.7. The Morgan fingerprint density at radius 3 is 2.44 bits per heavy atom. The van der Waals surface area contributed by atoms with Crippen molar-refractivity contribution in [1.82, 2.24) is 4.98 Å². The Bertz CT molecular complexity index is 582. The van der Waals surface area contributed by atoms with Crippen LogP contribution in [-0.2, 0) is 0 Å². The molecule has 0 bridgehead atoms. The molecule has 0 radical (unpaired) electrons. The van der Waals surface area contributed by atoms with Crippen LogP contribution in [0.2, 0.25) is 0 Å². The van der Waals surface area contributed by atoms with Gasteiger partial charge in [-0.2, -0.15) is 0 Å². The van der Waals surface area contributed by atoms with Crippen molar-refractivity contribution in [3.63, 3.8) is 0 Å². The molecule has 18 heavy (non-hydrogen) atoms. The molecule has 1 aromatic carbocycles. The summed E-state index contributed by atoms with van der Waals surface area (Å²) in [7, 11) is 0. The van der Waals surface area contributed by atoms with Crippen LogP contribution >= 0.6 is 0 Å². The molecule has 2 nitrogen and oxygen atoms in total. The molecular weight excluding hydrogens is 236 g/mol. The van der Waals surface area contributed by atoms with Crippen molar-refractivity contribution >= 4 is 0 Å². The monoisotopic (exact) mass is 249 g/mol. The van der Waals surface area contributed by atoms with Gasteiger partial charge in [-0.05, 0) is 23.6 Å². The van der Waals surface area contributed by atoms with Crippen LogP contribution in [0.3, 0.4) is 0 Å². The van der Waals surface area contributed by atoms with Gasteiger partial charge in [-0.1, -0.05) is 19.9 Å². The fourth-order valence-electron chi connectivity index (χ4n) is 1.82. The van der Waals surface area contributed by atoms with Crippen molar-refractivity contribution in [2.24, 2.45) is 0 Å². The van der Waals surface area contributed by atoms with Gasteiger partial charge in [0.1, 0.15) is 11.6 Å². The van der Waals surface area contributed by atoms with Gasteiger partial charge >= 0.3 is 0 Å². The second-order valence-electron chi connectivity index (χ2n) is 4.39. The number of benzene rings is 1. The van der Waals surface area contributed by atoms with Gasteiger partial charge in [-0.25, -0.2) is 13.8 Å². The van der Waals surface area contributed by atoms with Crippen molar-refractivity contribution in [3.05, 3.63) is 47.5 Å². The summed E-state index contributed by atoms with van der Waals surface area (Å²) in [5.74, 6) is -1.38. The average molecular weight is 249 g/mol. The second-order valence-corrected chi connectivity index (χ2v) is 4.39. The first-order valence-corrected chi connectivity index (χ1v) is 5.64. The quantitative estimate of drug-likeness (QED) is 0.876. The molecular formula is C14H13F2NO. The van der Waals surface area contributed by atoms with Crippen LogP contribution in [0, 0.1) is 11.6 Å². The van der Waals surface area contributed by atoms with Crippen LogP contribution in [0.1, 0.15) is 25.3 Å². The Morgan fingerprint density at radius 1 is 1.11 bits per heavy atom. The molecule has 1 heterocycles. The zero-order valence-electron chi connectivity index (χ0n) is 10.1. The van der Waals surface area contributed by atoms with E-state index in [1.165, 1.54) is 18.2 Å². The molecule has 0 saturated heterocycles. The Labute approximate surface area is 104 Å². The second kappa shape index (κ2) is 4.72. The lowest BCUT2D eigenvalue weighted by molar-refractivity contribution is 0.453. The largest absolute Gasteiger partial charge is 0.493 e. The van der Waals surface area contributed by atoms with Crippen LogP contribution in [0.25, 0.3) is 11.3 Å². The van der Waals surface area contributed by atoms with E-state index >= 15 is 0 Å². The summed E-state index contributed by atoms with van der Waals surface area (Å²) in [6.45, 7) is 3.89. The van der Waals surface area contributed by atoms with Gasteiger partial charge in [0, 0.05) is 17.7 Å². The van der Waals surface area contributed by atoms with Crippen molar-refractivity contribution in [2.45, 2.75) is 19.8 Å². The third-order valence-corrected chi connectivity index (χ3v) is 2.72. The van der Waals surface area contributed by atoms with E-state index in [9.17, 15) is 13.9 Å². The maximum Gasteiger partial charge on any atom is 0.211 e. The molecule has 0 spiro atoms. The number of pyridine rings is 1. The molecule has 0 aliphatic carbocycles. The van der Waals surface area contributed by atoms with Gasteiger partial charge in [0.25, 0.3) is 0 Å². The molecule has 1 N–H and O–H groups in total. The first kappa shape index (κ1) is 12.5. The minimum absolute atomic E-state index is 0.123. The first-order chi connectivity index (χ1) is 8.49. The predicted octanol–water partition coefficient (Wildman–Crippen LogP) is 3.86. The van der Waals surface area contributed by atoms with E-state index in [0.717, 1.165) is 11.6 Å². The molecule has 2 rings (SSSR count). The molecule has 0 aliphatic rings. The normalized spacial score (nSPS) is 10.9. The highest BCUT2D eigenvalue weighted by Gasteiger charge is 2.15. The zero-order chi connectivity index (χ0) is 13.3. The Hall–Kier alpha value is -1.97. The fourth-order valence-corrected chi connectivity index (χ4v) is 1.82. The van der Waals surface area contributed by atoms with Gasteiger partial charge in [0.05, 0.1) is 5.69 Å². The van der Waals surface area contributed by atoms with Gasteiger partial charge in [0.15, 0.2) is 0 Å². The molecule has 1 aromatic heterocycles. The lowest BCUT2D eigenvalue weighted by atomic mass is 9.97. The van der Waals surface area contributed by atoms with Crippen LogP contribution < -0.4 is 0 Å². The average Bonchev–Trinajstić information content (AvgIpc) is 2.28. The molecule has 0 fully saturated rings. The van der Waals surface area contributed by atoms with E-state index in [-0.39, 0.29) is 17.4 Å². The SMILES string of the molecule is CC(C)c1ccc(O)nc1-c1ccc(F)cc1F. The summed E-state index contributed by atoms with van der Waals surface area (Å²) in [6.07, 6.45) is 0. The predicted molar refractivity (Wildman–Crippen MR) is 65.3 cm³/mol. The van der Waals surface area contributed by atoms with Crippen LogP contribution in [0.5, 0.6) is 5.88 Å². The number of aromatic nitrogens is 1. The third-order valence-electron chi connectivity index (χ3n) is 2.72. The number of hydrogen-bond donors (Lipinski definition) is 1. The van der Waals surface area contributed by atoms with E-state index in [1.54, 1.807) is 6.07 Å². The Balaban J connectivity index is 2.65. The molecule has 4 heteroatoms. The minimum Gasteiger partial charge on any atom is -0.493 e. The summed E-state index contributed by atoms with van der Waals surface area (Å²) in [6, 6.07) is 6.48. The number of halogens is 2. The summed E-state index contributed by atoms with van der Waals surface area (Å²) in [5, 5.41) is 9.42. The molecule has 0 saturated carbocycles. The first-order valence-electron chi connectivity index (χ1n) is 5.64. The molecule has 94 valence electrons. The van der Waals surface area contributed by atoms with Gasteiger partial charge in [0.2, 0.25) is 5.88 Å². The number of rotatable bonds is 2. The zero-order valence-corrected chi connectivity index (χ0v) is 10.1. The van der Waals surface area contributed by atoms with Crippen LogP contribution in [0.4, 0.5) is 8.78 Å².